The monoisotopic (exact) mass is 245 g/mol. The molecular formula is C12H14F3NO. The van der Waals surface area contributed by atoms with Crippen LogP contribution in [0, 0.1) is 0 Å². The standard InChI is InChI=1S/C12H14F3NO/c1-8-7-16-11(17-8)6-9-3-2-4-10(5-9)12(13,14)15/h2-5,8,11,16H,6-7H2,1H3. The molecule has 1 aliphatic rings. The van der Waals surface area contributed by atoms with Gasteiger partial charge in [-0.2, -0.15) is 13.2 Å². The third-order valence-electron chi connectivity index (χ3n) is 2.70. The Bertz CT molecular complexity index is 392. The van der Waals surface area contributed by atoms with E-state index in [1.165, 1.54) is 12.1 Å². The summed E-state index contributed by atoms with van der Waals surface area (Å²) in [5.41, 5.74) is 0.0208. The Morgan fingerprint density at radius 3 is 2.76 bits per heavy atom. The minimum atomic E-state index is -4.28. The van der Waals surface area contributed by atoms with E-state index < -0.39 is 11.7 Å². The molecule has 0 amide bonds. The first kappa shape index (κ1) is 12.4. The van der Waals surface area contributed by atoms with Crippen molar-refractivity contribution in [2.45, 2.75) is 31.9 Å². The van der Waals surface area contributed by atoms with Gasteiger partial charge < -0.3 is 4.74 Å². The van der Waals surface area contributed by atoms with Gasteiger partial charge in [-0.1, -0.05) is 18.2 Å². The third kappa shape index (κ3) is 3.20. The molecule has 0 saturated carbocycles. The summed E-state index contributed by atoms with van der Waals surface area (Å²) in [6.45, 7) is 2.67. The van der Waals surface area contributed by atoms with Gasteiger partial charge in [-0.05, 0) is 18.6 Å². The Labute approximate surface area is 97.8 Å². The lowest BCUT2D eigenvalue weighted by Gasteiger charge is -2.13. The molecule has 1 aromatic rings. The molecule has 1 heterocycles. The first-order valence-corrected chi connectivity index (χ1v) is 5.50. The van der Waals surface area contributed by atoms with Crippen molar-refractivity contribution in [2.24, 2.45) is 0 Å². The van der Waals surface area contributed by atoms with Crippen molar-refractivity contribution in [2.75, 3.05) is 6.54 Å². The molecule has 1 aromatic carbocycles. The van der Waals surface area contributed by atoms with Crippen LogP contribution in [-0.4, -0.2) is 18.9 Å². The van der Waals surface area contributed by atoms with E-state index in [0.29, 0.717) is 12.0 Å². The smallest absolute Gasteiger partial charge is 0.359 e. The maximum atomic E-state index is 12.5. The number of alkyl halides is 3. The second-order valence-electron chi connectivity index (χ2n) is 4.25. The summed E-state index contributed by atoms with van der Waals surface area (Å²) in [6.07, 6.45) is -3.90. The SMILES string of the molecule is CC1CNC(Cc2cccc(C(F)(F)F)c2)O1. The lowest BCUT2D eigenvalue weighted by Crippen LogP contribution is -2.25. The predicted molar refractivity (Wildman–Crippen MR) is 57.5 cm³/mol. The van der Waals surface area contributed by atoms with E-state index in [9.17, 15) is 13.2 Å². The Kier molecular flexibility index (Phi) is 3.40. The second kappa shape index (κ2) is 4.66. The summed E-state index contributed by atoms with van der Waals surface area (Å²) in [5.74, 6) is 0. The zero-order valence-corrected chi connectivity index (χ0v) is 9.42. The van der Waals surface area contributed by atoms with Crippen molar-refractivity contribution in [3.63, 3.8) is 0 Å². The summed E-state index contributed by atoms with van der Waals surface area (Å²) in [7, 11) is 0. The number of rotatable bonds is 2. The van der Waals surface area contributed by atoms with Crippen molar-refractivity contribution in [1.29, 1.82) is 0 Å². The zero-order valence-electron chi connectivity index (χ0n) is 9.42. The van der Waals surface area contributed by atoms with Crippen molar-refractivity contribution < 1.29 is 17.9 Å². The van der Waals surface area contributed by atoms with E-state index in [-0.39, 0.29) is 12.3 Å². The predicted octanol–water partition coefficient (Wildman–Crippen LogP) is 2.58. The molecular weight excluding hydrogens is 231 g/mol. The van der Waals surface area contributed by atoms with Crippen LogP contribution in [0.1, 0.15) is 18.1 Å². The number of hydrogen-bond acceptors (Lipinski definition) is 2. The minimum Gasteiger partial charge on any atom is -0.359 e. The van der Waals surface area contributed by atoms with Gasteiger partial charge in [-0.3, -0.25) is 5.32 Å². The molecule has 1 fully saturated rings. The molecule has 1 saturated heterocycles. The van der Waals surface area contributed by atoms with E-state index >= 15 is 0 Å². The highest BCUT2D eigenvalue weighted by Gasteiger charge is 2.30. The molecule has 0 aliphatic carbocycles. The largest absolute Gasteiger partial charge is 0.416 e. The molecule has 0 spiro atoms. The third-order valence-corrected chi connectivity index (χ3v) is 2.70. The normalized spacial score (nSPS) is 25.2. The first-order valence-electron chi connectivity index (χ1n) is 5.50. The molecule has 2 rings (SSSR count). The zero-order chi connectivity index (χ0) is 12.5. The Morgan fingerprint density at radius 2 is 2.18 bits per heavy atom. The van der Waals surface area contributed by atoms with Gasteiger partial charge in [-0.15, -0.1) is 0 Å². The van der Waals surface area contributed by atoms with Gasteiger partial charge in [0.2, 0.25) is 0 Å². The molecule has 2 atom stereocenters. The number of benzene rings is 1. The molecule has 2 nitrogen and oxygen atoms in total. The molecule has 94 valence electrons. The lowest BCUT2D eigenvalue weighted by atomic mass is 10.1. The summed E-state index contributed by atoms with van der Waals surface area (Å²) in [6, 6.07) is 5.36. The molecule has 5 heteroatoms. The fraction of sp³-hybridized carbons (Fsp3) is 0.500. The van der Waals surface area contributed by atoms with E-state index in [1.807, 2.05) is 6.92 Å². The Balaban J connectivity index is 2.06. The van der Waals surface area contributed by atoms with Gasteiger partial charge in [-0.25, -0.2) is 0 Å². The average Bonchev–Trinajstić information content (AvgIpc) is 2.63. The second-order valence-corrected chi connectivity index (χ2v) is 4.25. The quantitative estimate of drug-likeness (QED) is 0.864. The van der Waals surface area contributed by atoms with E-state index in [0.717, 1.165) is 12.6 Å². The van der Waals surface area contributed by atoms with E-state index in [4.69, 9.17) is 4.74 Å². The summed E-state index contributed by atoms with van der Waals surface area (Å²) < 4.78 is 43.0. The molecule has 1 aliphatic heterocycles. The van der Waals surface area contributed by atoms with Crippen LogP contribution in [0.5, 0.6) is 0 Å². The highest BCUT2D eigenvalue weighted by atomic mass is 19.4. The summed E-state index contributed by atoms with van der Waals surface area (Å²) in [4.78, 5) is 0. The van der Waals surface area contributed by atoms with Crippen molar-refractivity contribution in [3.8, 4) is 0 Å². The molecule has 0 bridgehead atoms. The van der Waals surface area contributed by atoms with Crippen LogP contribution < -0.4 is 5.32 Å². The van der Waals surface area contributed by atoms with Crippen molar-refractivity contribution in [3.05, 3.63) is 35.4 Å². The minimum absolute atomic E-state index is 0.116. The molecule has 0 radical (unpaired) electrons. The van der Waals surface area contributed by atoms with Crippen LogP contribution in [0.15, 0.2) is 24.3 Å². The molecule has 2 unspecified atom stereocenters. The summed E-state index contributed by atoms with van der Waals surface area (Å²) in [5, 5.41) is 3.11. The number of halogens is 3. The van der Waals surface area contributed by atoms with Crippen LogP contribution in [0.25, 0.3) is 0 Å². The highest BCUT2D eigenvalue weighted by molar-refractivity contribution is 5.26. The first-order chi connectivity index (χ1) is 7.95. The molecule has 1 N–H and O–H groups in total. The average molecular weight is 245 g/mol. The Morgan fingerprint density at radius 1 is 1.41 bits per heavy atom. The Hall–Kier alpha value is -1.07. The van der Waals surface area contributed by atoms with Crippen LogP contribution in [0.3, 0.4) is 0 Å². The number of hydrogen-bond donors (Lipinski definition) is 1. The topological polar surface area (TPSA) is 21.3 Å². The maximum absolute atomic E-state index is 12.5. The number of nitrogens with one attached hydrogen (secondary N) is 1. The van der Waals surface area contributed by atoms with Crippen LogP contribution >= 0.6 is 0 Å². The number of ether oxygens (including phenoxy) is 1. The van der Waals surface area contributed by atoms with E-state index in [1.54, 1.807) is 6.07 Å². The van der Waals surface area contributed by atoms with Gasteiger partial charge in [0, 0.05) is 13.0 Å². The van der Waals surface area contributed by atoms with Gasteiger partial charge in [0.15, 0.2) is 0 Å². The molecule has 0 aromatic heterocycles. The fourth-order valence-electron chi connectivity index (χ4n) is 1.88. The van der Waals surface area contributed by atoms with Crippen molar-refractivity contribution >= 4 is 0 Å². The van der Waals surface area contributed by atoms with Gasteiger partial charge in [0.1, 0.15) is 6.23 Å². The molecule has 17 heavy (non-hydrogen) atoms. The highest BCUT2D eigenvalue weighted by Crippen LogP contribution is 2.29. The van der Waals surface area contributed by atoms with Crippen LogP contribution in [-0.2, 0) is 17.3 Å². The van der Waals surface area contributed by atoms with Crippen molar-refractivity contribution in [1.82, 2.24) is 5.32 Å². The fourth-order valence-corrected chi connectivity index (χ4v) is 1.88. The van der Waals surface area contributed by atoms with Gasteiger partial charge >= 0.3 is 6.18 Å². The van der Waals surface area contributed by atoms with Crippen LogP contribution in [0.2, 0.25) is 0 Å². The van der Waals surface area contributed by atoms with E-state index in [2.05, 4.69) is 5.32 Å². The summed E-state index contributed by atoms with van der Waals surface area (Å²) >= 11 is 0. The lowest BCUT2D eigenvalue weighted by molar-refractivity contribution is -0.137. The van der Waals surface area contributed by atoms with Gasteiger partial charge in [0.25, 0.3) is 0 Å². The van der Waals surface area contributed by atoms with Gasteiger partial charge in [0.05, 0.1) is 11.7 Å². The maximum Gasteiger partial charge on any atom is 0.416 e. The van der Waals surface area contributed by atoms with Crippen LogP contribution in [0.4, 0.5) is 13.2 Å².